The van der Waals surface area contributed by atoms with E-state index >= 15 is 0 Å². The molecular formula is C22H32BNO5. The lowest BCUT2D eigenvalue weighted by Gasteiger charge is -2.47. The van der Waals surface area contributed by atoms with Gasteiger partial charge in [-0.25, -0.2) is 0 Å². The van der Waals surface area contributed by atoms with Gasteiger partial charge in [-0.05, 0) is 33.8 Å². The number of fused-ring (bicyclic) bond motifs is 1. The van der Waals surface area contributed by atoms with Crippen LogP contribution >= 0.6 is 0 Å². The van der Waals surface area contributed by atoms with Crippen molar-refractivity contribution in [2.45, 2.75) is 69.8 Å². The van der Waals surface area contributed by atoms with Crippen molar-refractivity contribution >= 4 is 18.7 Å². The van der Waals surface area contributed by atoms with Gasteiger partial charge >= 0.3 is 7.48 Å². The van der Waals surface area contributed by atoms with Gasteiger partial charge in [0.05, 0.1) is 42.4 Å². The quantitative estimate of drug-likeness (QED) is 0.753. The van der Waals surface area contributed by atoms with Crippen molar-refractivity contribution < 1.29 is 24.0 Å². The van der Waals surface area contributed by atoms with Gasteiger partial charge in [-0.2, -0.15) is 0 Å². The molecule has 0 unspecified atom stereocenters. The standard InChI is InChI=1S/C22H32BNO5/c1-20(2,26)21(3,4)29-23-15-5-6-19-17(11-15)18(25)12-22(28-19)7-9-24(10-8-22)16-13-27-14-16/h5-6,11,16,23,26H,7-10,12-14H2,1-4H3. The topological polar surface area (TPSA) is 68.2 Å². The number of hydrogen-bond donors (Lipinski definition) is 1. The Bertz CT molecular complexity index is 776. The van der Waals surface area contributed by atoms with Crippen LogP contribution in [0.1, 0.15) is 57.3 Å². The summed E-state index contributed by atoms with van der Waals surface area (Å²) in [5.74, 6) is 0.836. The first-order valence-electron chi connectivity index (χ1n) is 10.6. The Balaban J connectivity index is 1.42. The fourth-order valence-electron chi connectivity index (χ4n) is 4.08. The highest BCUT2D eigenvalue weighted by molar-refractivity contribution is 6.47. The number of ketones is 1. The van der Waals surface area contributed by atoms with Crippen LogP contribution in [0.25, 0.3) is 0 Å². The molecule has 0 amide bonds. The van der Waals surface area contributed by atoms with Crippen molar-refractivity contribution in [3.63, 3.8) is 0 Å². The van der Waals surface area contributed by atoms with Crippen molar-refractivity contribution in [1.29, 1.82) is 0 Å². The molecule has 6 nitrogen and oxygen atoms in total. The number of rotatable bonds is 5. The SMILES string of the molecule is CC(C)(O)C(C)(C)OBc1ccc2c(c1)C(=O)CC1(CCN(C3COC3)CC1)O2. The third-order valence-corrected chi connectivity index (χ3v) is 7.07. The molecule has 0 bridgehead atoms. The second-order valence-corrected chi connectivity index (χ2v) is 9.80. The molecule has 3 heterocycles. The number of aliphatic hydroxyl groups is 1. The fourth-order valence-corrected chi connectivity index (χ4v) is 4.08. The maximum atomic E-state index is 13.0. The van der Waals surface area contributed by atoms with Gasteiger partial charge in [0.15, 0.2) is 5.78 Å². The zero-order valence-electron chi connectivity index (χ0n) is 18.0. The maximum absolute atomic E-state index is 13.0. The smallest absolute Gasteiger partial charge is 0.309 e. The van der Waals surface area contributed by atoms with Gasteiger partial charge in [0.2, 0.25) is 0 Å². The van der Waals surface area contributed by atoms with Gasteiger partial charge in [-0.1, -0.05) is 17.6 Å². The third kappa shape index (κ3) is 4.11. The summed E-state index contributed by atoms with van der Waals surface area (Å²) in [6.45, 7) is 10.8. The zero-order valence-corrected chi connectivity index (χ0v) is 18.0. The molecule has 3 aliphatic rings. The lowest BCUT2D eigenvalue weighted by Crippen LogP contribution is -2.57. The van der Waals surface area contributed by atoms with Crippen LogP contribution in [-0.4, -0.2) is 72.4 Å². The van der Waals surface area contributed by atoms with Gasteiger partial charge in [0.25, 0.3) is 0 Å². The molecule has 2 fully saturated rings. The first kappa shape index (κ1) is 20.9. The van der Waals surface area contributed by atoms with E-state index in [1.165, 1.54) is 0 Å². The van der Waals surface area contributed by atoms with E-state index in [9.17, 15) is 9.90 Å². The Kier molecular flexibility index (Phi) is 5.30. The number of nitrogens with zero attached hydrogens (tertiary/aromatic N) is 1. The second kappa shape index (κ2) is 7.38. The van der Waals surface area contributed by atoms with Gasteiger partial charge in [-0.15, -0.1) is 0 Å². The van der Waals surface area contributed by atoms with E-state index in [-0.39, 0.29) is 11.4 Å². The van der Waals surface area contributed by atoms with E-state index in [0.717, 1.165) is 44.6 Å². The maximum Gasteiger partial charge on any atom is 0.309 e. The van der Waals surface area contributed by atoms with Crippen molar-refractivity contribution in [2.75, 3.05) is 26.3 Å². The fraction of sp³-hybridized carbons (Fsp3) is 0.682. The Labute approximate surface area is 173 Å². The van der Waals surface area contributed by atoms with Crippen LogP contribution in [0.2, 0.25) is 0 Å². The Morgan fingerprint density at radius 3 is 2.48 bits per heavy atom. The monoisotopic (exact) mass is 401 g/mol. The summed E-state index contributed by atoms with van der Waals surface area (Å²) in [4.78, 5) is 15.4. The molecule has 1 aromatic carbocycles. The summed E-state index contributed by atoms with van der Waals surface area (Å²) in [6, 6.07) is 6.27. The van der Waals surface area contributed by atoms with E-state index < -0.39 is 11.2 Å². The van der Waals surface area contributed by atoms with Crippen LogP contribution < -0.4 is 10.2 Å². The molecule has 0 aromatic heterocycles. The Hall–Kier alpha value is -1.41. The summed E-state index contributed by atoms with van der Waals surface area (Å²) in [5.41, 5.74) is -0.479. The summed E-state index contributed by atoms with van der Waals surface area (Å²) < 4.78 is 17.7. The largest absolute Gasteiger partial charge is 0.486 e. The lowest BCUT2D eigenvalue weighted by molar-refractivity contribution is -0.0939. The third-order valence-electron chi connectivity index (χ3n) is 7.07. The molecule has 0 saturated carbocycles. The molecule has 0 radical (unpaired) electrons. The number of carbonyl (C=O) groups is 1. The number of carbonyl (C=O) groups excluding carboxylic acids is 1. The van der Waals surface area contributed by atoms with Gasteiger partial charge in [-0.3, -0.25) is 9.69 Å². The van der Waals surface area contributed by atoms with Crippen LogP contribution in [-0.2, 0) is 9.39 Å². The lowest BCUT2D eigenvalue weighted by atomic mass is 9.79. The zero-order chi connectivity index (χ0) is 20.9. The minimum absolute atomic E-state index is 0.148. The van der Waals surface area contributed by atoms with E-state index in [4.69, 9.17) is 14.1 Å². The Morgan fingerprint density at radius 1 is 1.21 bits per heavy atom. The minimum Gasteiger partial charge on any atom is -0.486 e. The first-order chi connectivity index (χ1) is 13.6. The predicted molar refractivity (Wildman–Crippen MR) is 112 cm³/mol. The molecule has 3 aliphatic heterocycles. The molecule has 158 valence electrons. The number of likely N-dealkylation sites (tertiary alicyclic amines) is 1. The second-order valence-electron chi connectivity index (χ2n) is 9.80. The Morgan fingerprint density at radius 2 is 1.90 bits per heavy atom. The van der Waals surface area contributed by atoms with E-state index in [2.05, 4.69) is 4.90 Å². The first-order valence-corrected chi connectivity index (χ1v) is 10.6. The van der Waals surface area contributed by atoms with Crippen molar-refractivity contribution in [3.05, 3.63) is 23.8 Å². The molecule has 1 aromatic rings. The van der Waals surface area contributed by atoms with Crippen molar-refractivity contribution in [1.82, 2.24) is 4.90 Å². The predicted octanol–water partition coefficient (Wildman–Crippen LogP) is 1.43. The average Bonchev–Trinajstić information content (AvgIpc) is 2.60. The molecule has 4 rings (SSSR count). The summed E-state index contributed by atoms with van der Waals surface area (Å²) in [5, 5.41) is 10.3. The molecule has 0 aliphatic carbocycles. The molecule has 2 saturated heterocycles. The molecule has 1 spiro atoms. The average molecular weight is 401 g/mol. The van der Waals surface area contributed by atoms with Gasteiger partial charge in [0, 0.05) is 25.9 Å². The van der Waals surface area contributed by atoms with E-state index in [1.807, 2.05) is 32.0 Å². The van der Waals surface area contributed by atoms with Crippen LogP contribution in [0.5, 0.6) is 5.75 Å². The van der Waals surface area contributed by atoms with Crippen molar-refractivity contribution in [3.8, 4) is 5.75 Å². The summed E-state index contributed by atoms with van der Waals surface area (Å²) in [7, 11) is 0.334. The summed E-state index contributed by atoms with van der Waals surface area (Å²) in [6.07, 6.45) is 2.19. The number of benzene rings is 1. The van der Waals surface area contributed by atoms with Gasteiger partial charge < -0.3 is 19.2 Å². The number of piperidine rings is 1. The van der Waals surface area contributed by atoms with Crippen molar-refractivity contribution in [2.24, 2.45) is 0 Å². The minimum atomic E-state index is -0.965. The number of Topliss-reactive ketones (excluding diaryl/α,β-unsaturated/α-hetero) is 1. The number of ether oxygens (including phenoxy) is 2. The molecule has 7 heteroatoms. The van der Waals surface area contributed by atoms with Crippen LogP contribution in [0, 0.1) is 0 Å². The van der Waals surface area contributed by atoms with E-state index in [1.54, 1.807) is 13.8 Å². The summed E-state index contributed by atoms with van der Waals surface area (Å²) >= 11 is 0. The molecule has 0 atom stereocenters. The molecule has 1 N–H and O–H groups in total. The normalized spacial score (nSPS) is 22.7. The molecule has 29 heavy (non-hydrogen) atoms. The van der Waals surface area contributed by atoms with Crippen LogP contribution in [0.4, 0.5) is 0 Å². The molecular weight excluding hydrogens is 369 g/mol. The van der Waals surface area contributed by atoms with Crippen LogP contribution in [0.3, 0.4) is 0 Å². The highest BCUT2D eigenvalue weighted by atomic mass is 16.5. The van der Waals surface area contributed by atoms with E-state index in [0.29, 0.717) is 31.3 Å². The highest BCUT2D eigenvalue weighted by Crippen LogP contribution is 2.39. The van der Waals surface area contributed by atoms with Gasteiger partial charge in [0.1, 0.15) is 11.4 Å². The highest BCUT2D eigenvalue weighted by Gasteiger charge is 2.44. The van der Waals surface area contributed by atoms with Crippen LogP contribution in [0.15, 0.2) is 18.2 Å². The number of hydrogen-bond acceptors (Lipinski definition) is 6.